The fourth-order valence-corrected chi connectivity index (χ4v) is 3.91. The predicted molar refractivity (Wildman–Crippen MR) is 99.9 cm³/mol. The second-order valence-corrected chi connectivity index (χ2v) is 7.13. The number of hydrogen-bond donors (Lipinski definition) is 0. The van der Waals surface area contributed by atoms with Gasteiger partial charge in [-0.2, -0.15) is 0 Å². The summed E-state index contributed by atoms with van der Waals surface area (Å²) in [6.07, 6.45) is 4.83. The lowest BCUT2D eigenvalue weighted by Gasteiger charge is -2.34. The first-order valence-corrected chi connectivity index (χ1v) is 9.39. The Hall–Kier alpha value is -2.08. The van der Waals surface area contributed by atoms with E-state index in [0.29, 0.717) is 0 Å². The summed E-state index contributed by atoms with van der Waals surface area (Å²) in [5, 5.41) is 1.20. The van der Waals surface area contributed by atoms with E-state index in [1.165, 1.54) is 31.3 Å². The summed E-state index contributed by atoms with van der Waals surface area (Å²) in [6, 6.07) is 6.43. The zero-order chi connectivity index (χ0) is 17.2. The highest BCUT2D eigenvalue weighted by atomic mass is 16.2. The van der Waals surface area contributed by atoms with Crippen LogP contribution in [0.4, 0.5) is 5.82 Å². The first kappa shape index (κ1) is 16.4. The first-order valence-electron chi connectivity index (χ1n) is 9.39. The molecular weight excluding hydrogens is 314 g/mol. The number of aromatic nitrogens is 2. The molecule has 0 saturated carbocycles. The molecule has 2 aromatic heterocycles. The molecule has 2 aliphatic heterocycles. The van der Waals surface area contributed by atoms with Gasteiger partial charge in [-0.3, -0.25) is 4.79 Å². The van der Waals surface area contributed by atoms with Crippen molar-refractivity contribution in [3.63, 3.8) is 0 Å². The van der Waals surface area contributed by atoms with Gasteiger partial charge in [0.25, 0.3) is 0 Å². The number of piperazine rings is 1. The van der Waals surface area contributed by atoms with Crippen LogP contribution >= 0.6 is 0 Å². The molecule has 0 aliphatic carbocycles. The lowest BCUT2D eigenvalue weighted by Crippen LogP contribution is -2.48. The number of rotatable bonds is 4. The smallest absolute Gasteiger partial charge is 0.219 e. The molecule has 0 N–H and O–H groups in total. The first-order chi connectivity index (χ1) is 12.2. The van der Waals surface area contributed by atoms with Crippen LogP contribution < -0.4 is 4.90 Å². The van der Waals surface area contributed by atoms with Gasteiger partial charge in [-0.1, -0.05) is 0 Å². The summed E-state index contributed by atoms with van der Waals surface area (Å²) in [6.45, 7) is 9.49. The van der Waals surface area contributed by atoms with Crippen molar-refractivity contribution in [2.24, 2.45) is 0 Å². The molecule has 0 radical (unpaired) electrons. The largest absolute Gasteiger partial charge is 0.353 e. The number of pyridine rings is 1. The standard InChI is InChI=1S/C19H27N5O/c1-16(25)22-12-14-23(15-13-22)18-5-4-17-6-9-24(19(17)20-18)11-10-21-7-2-3-8-21/h4-6,9H,2-3,7-8,10-15H2,1H3. The van der Waals surface area contributed by atoms with E-state index in [9.17, 15) is 4.79 Å². The van der Waals surface area contributed by atoms with Crippen LogP contribution in [0, 0.1) is 0 Å². The topological polar surface area (TPSA) is 44.6 Å². The van der Waals surface area contributed by atoms with Crippen LogP contribution in [0.15, 0.2) is 24.4 Å². The molecule has 0 unspecified atom stereocenters. The molecule has 0 bridgehead atoms. The maximum atomic E-state index is 11.5. The molecule has 6 nitrogen and oxygen atoms in total. The van der Waals surface area contributed by atoms with Gasteiger partial charge in [0.2, 0.25) is 5.91 Å². The number of carbonyl (C=O) groups excluding carboxylic acids is 1. The van der Waals surface area contributed by atoms with Crippen LogP contribution in [0.25, 0.3) is 11.0 Å². The molecule has 0 atom stereocenters. The van der Waals surface area contributed by atoms with Gasteiger partial charge in [-0.25, -0.2) is 4.98 Å². The third-order valence-corrected chi connectivity index (χ3v) is 5.50. The van der Waals surface area contributed by atoms with Crippen LogP contribution in [-0.2, 0) is 11.3 Å². The molecule has 1 amide bonds. The number of nitrogens with zero attached hydrogens (tertiary/aromatic N) is 5. The Morgan fingerprint density at radius 2 is 1.76 bits per heavy atom. The van der Waals surface area contributed by atoms with E-state index >= 15 is 0 Å². The molecular formula is C19H27N5O. The number of likely N-dealkylation sites (tertiary alicyclic amines) is 1. The number of carbonyl (C=O) groups is 1. The van der Waals surface area contributed by atoms with Gasteiger partial charge in [0.15, 0.2) is 0 Å². The molecule has 0 spiro atoms. The summed E-state index contributed by atoms with van der Waals surface area (Å²) in [5.74, 6) is 1.19. The van der Waals surface area contributed by atoms with Crippen molar-refractivity contribution >= 4 is 22.8 Å². The van der Waals surface area contributed by atoms with Gasteiger partial charge in [0, 0.05) is 57.8 Å². The predicted octanol–water partition coefficient (Wildman–Crippen LogP) is 1.80. The zero-order valence-corrected chi connectivity index (χ0v) is 15.0. The Labute approximate surface area is 149 Å². The quantitative estimate of drug-likeness (QED) is 0.851. The van der Waals surface area contributed by atoms with Crippen molar-refractivity contribution in [3.05, 3.63) is 24.4 Å². The van der Waals surface area contributed by atoms with Crippen LogP contribution in [-0.4, -0.2) is 71.1 Å². The molecule has 134 valence electrons. The highest BCUT2D eigenvalue weighted by molar-refractivity contribution is 5.78. The average molecular weight is 341 g/mol. The van der Waals surface area contributed by atoms with Gasteiger partial charge >= 0.3 is 0 Å². The van der Waals surface area contributed by atoms with Gasteiger partial charge in [0.05, 0.1) is 0 Å². The fraction of sp³-hybridized carbons (Fsp3) is 0.579. The molecule has 6 heteroatoms. The SMILES string of the molecule is CC(=O)N1CCN(c2ccc3ccn(CCN4CCCC4)c3n2)CC1. The Morgan fingerprint density at radius 1 is 1.00 bits per heavy atom. The average Bonchev–Trinajstić information content (AvgIpc) is 3.29. The minimum atomic E-state index is 0.166. The minimum Gasteiger partial charge on any atom is -0.353 e. The second-order valence-electron chi connectivity index (χ2n) is 7.13. The molecule has 4 heterocycles. The normalized spacial score (nSPS) is 19.1. The molecule has 2 aromatic rings. The second kappa shape index (κ2) is 7.04. The molecule has 4 rings (SSSR count). The van der Waals surface area contributed by atoms with Crippen molar-refractivity contribution in [2.45, 2.75) is 26.3 Å². The fourth-order valence-electron chi connectivity index (χ4n) is 3.91. The van der Waals surface area contributed by atoms with E-state index in [0.717, 1.165) is 50.7 Å². The van der Waals surface area contributed by atoms with Gasteiger partial charge in [-0.05, 0) is 44.1 Å². The number of anilines is 1. The van der Waals surface area contributed by atoms with Crippen LogP contribution in [0.1, 0.15) is 19.8 Å². The summed E-state index contributed by atoms with van der Waals surface area (Å²) in [4.78, 5) is 23.2. The van der Waals surface area contributed by atoms with Crippen molar-refractivity contribution in [1.82, 2.24) is 19.4 Å². The van der Waals surface area contributed by atoms with E-state index in [1.807, 2.05) is 4.90 Å². The number of hydrogen-bond acceptors (Lipinski definition) is 4. The summed E-state index contributed by atoms with van der Waals surface area (Å²) >= 11 is 0. The van der Waals surface area contributed by atoms with Crippen LogP contribution in [0.3, 0.4) is 0 Å². The van der Waals surface area contributed by atoms with Crippen LogP contribution in [0.5, 0.6) is 0 Å². The highest BCUT2D eigenvalue weighted by Crippen LogP contribution is 2.21. The summed E-state index contributed by atoms with van der Waals surface area (Å²) < 4.78 is 2.28. The van der Waals surface area contributed by atoms with Gasteiger partial charge in [0.1, 0.15) is 11.5 Å². The summed E-state index contributed by atoms with van der Waals surface area (Å²) in [5.41, 5.74) is 1.07. The molecule has 0 aromatic carbocycles. The van der Waals surface area contributed by atoms with E-state index in [4.69, 9.17) is 4.98 Å². The summed E-state index contributed by atoms with van der Waals surface area (Å²) in [7, 11) is 0. The van der Waals surface area contributed by atoms with Crippen molar-refractivity contribution in [2.75, 3.05) is 50.7 Å². The third-order valence-electron chi connectivity index (χ3n) is 5.50. The van der Waals surface area contributed by atoms with E-state index in [-0.39, 0.29) is 5.91 Å². The van der Waals surface area contributed by atoms with E-state index in [1.54, 1.807) is 6.92 Å². The Balaban J connectivity index is 1.47. The zero-order valence-electron chi connectivity index (χ0n) is 15.0. The molecule has 2 saturated heterocycles. The van der Waals surface area contributed by atoms with Crippen molar-refractivity contribution < 1.29 is 4.79 Å². The van der Waals surface area contributed by atoms with Crippen LogP contribution in [0.2, 0.25) is 0 Å². The monoisotopic (exact) mass is 341 g/mol. The maximum Gasteiger partial charge on any atom is 0.219 e. The maximum absolute atomic E-state index is 11.5. The molecule has 2 fully saturated rings. The van der Waals surface area contributed by atoms with E-state index < -0.39 is 0 Å². The number of fused-ring (bicyclic) bond motifs is 1. The Kier molecular flexibility index (Phi) is 4.61. The van der Waals surface area contributed by atoms with Gasteiger partial charge < -0.3 is 19.3 Å². The Morgan fingerprint density at radius 3 is 2.48 bits per heavy atom. The van der Waals surface area contributed by atoms with Crippen molar-refractivity contribution in [1.29, 1.82) is 0 Å². The third kappa shape index (κ3) is 3.49. The molecule has 2 aliphatic rings. The van der Waals surface area contributed by atoms with Gasteiger partial charge in [-0.15, -0.1) is 0 Å². The lowest BCUT2D eigenvalue weighted by molar-refractivity contribution is -0.129. The van der Waals surface area contributed by atoms with Crippen molar-refractivity contribution in [3.8, 4) is 0 Å². The minimum absolute atomic E-state index is 0.166. The number of amides is 1. The molecule has 25 heavy (non-hydrogen) atoms. The lowest BCUT2D eigenvalue weighted by atomic mass is 10.3. The van der Waals surface area contributed by atoms with E-state index in [2.05, 4.69) is 38.8 Å². The Bertz CT molecular complexity index is 741. The highest BCUT2D eigenvalue weighted by Gasteiger charge is 2.20.